The molecule has 0 radical (unpaired) electrons. The van der Waals surface area contributed by atoms with Crippen molar-refractivity contribution in [1.29, 1.82) is 0 Å². The molecule has 1 fully saturated rings. The normalized spacial score (nSPS) is 23.9. The molecule has 0 spiro atoms. The molecule has 0 amide bonds. The summed E-state index contributed by atoms with van der Waals surface area (Å²) in [6, 6.07) is 3.16. The van der Waals surface area contributed by atoms with Crippen molar-refractivity contribution >= 4 is 11.6 Å². The van der Waals surface area contributed by atoms with Crippen molar-refractivity contribution in [3.8, 4) is 0 Å². The molecule has 1 N–H and O–H groups in total. The summed E-state index contributed by atoms with van der Waals surface area (Å²) in [6.45, 7) is 11.6. The number of piperazine rings is 1. The second-order valence-corrected chi connectivity index (χ2v) is 5.85. The molecule has 2 rings (SSSR count). The van der Waals surface area contributed by atoms with Crippen LogP contribution in [0.3, 0.4) is 0 Å². The Morgan fingerprint density at radius 3 is 2.50 bits per heavy atom. The molecule has 0 aromatic carbocycles. The molecule has 0 saturated carbocycles. The van der Waals surface area contributed by atoms with E-state index in [-0.39, 0.29) is 0 Å². The minimum Gasteiger partial charge on any atom is -0.370 e. The highest BCUT2D eigenvalue weighted by atomic mass is 15.3. The third kappa shape index (κ3) is 3.39. The van der Waals surface area contributed by atoms with Gasteiger partial charge in [0.15, 0.2) is 0 Å². The lowest BCUT2D eigenvalue weighted by atomic mass is 10.1. The molecule has 2 heterocycles. The van der Waals surface area contributed by atoms with Gasteiger partial charge in [-0.3, -0.25) is 4.90 Å². The van der Waals surface area contributed by atoms with Gasteiger partial charge in [-0.15, -0.1) is 0 Å². The maximum absolute atomic E-state index is 4.62. The van der Waals surface area contributed by atoms with E-state index in [2.05, 4.69) is 59.0 Å². The quantitative estimate of drug-likeness (QED) is 0.913. The van der Waals surface area contributed by atoms with Gasteiger partial charge in [-0.2, -0.15) is 0 Å². The Morgan fingerprint density at radius 2 is 1.90 bits per heavy atom. The van der Waals surface area contributed by atoms with E-state index in [9.17, 15) is 0 Å². The van der Waals surface area contributed by atoms with Crippen LogP contribution in [0.4, 0.5) is 11.6 Å². The Hall–Kier alpha value is -1.36. The van der Waals surface area contributed by atoms with Crippen molar-refractivity contribution in [2.45, 2.75) is 46.2 Å². The summed E-state index contributed by atoms with van der Waals surface area (Å²) in [5.41, 5.74) is 0. The molecule has 20 heavy (non-hydrogen) atoms. The van der Waals surface area contributed by atoms with E-state index < -0.39 is 0 Å². The Bertz CT molecular complexity index is 436. The number of hydrogen-bond donors (Lipinski definition) is 1. The Morgan fingerprint density at radius 1 is 1.25 bits per heavy atom. The smallest absolute Gasteiger partial charge is 0.134 e. The molecule has 2 unspecified atom stereocenters. The van der Waals surface area contributed by atoms with Gasteiger partial charge in [-0.25, -0.2) is 9.97 Å². The van der Waals surface area contributed by atoms with Crippen LogP contribution in [0, 0.1) is 6.92 Å². The minimum atomic E-state index is 0.543. The number of nitrogens with one attached hydrogen (secondary N) is 1. The first-order valence-electron chi connectivity index (χ1n) is 7.57. The number of aryl methyl sites for hydroxylation is 1. The molecule has 1 aromatic heterocycles. The lowest BCUT2D eigenvalue weighted by Gasteiger charge is -2.43. The molecular weight excluding hydrogens is 250 g/mol. The fourth-order valence-corrected chi connectivity index (χ4v) is 2.65. The molecule has 1 aromatic rings. The molecule has 1 aliphatic heterocycles. The highest BCUT2D eigenvalue weighted by Crippen LogP contribution is 2.21. The number of likely N-dealkylation sites (N-methyl/N-ethyl adjacent to an activating group) is 1. The van der Waals surface area contributed by atoms with Crippen LogP contribution >= 0.6 is 0 Å². The van der Waals surface area contributed by atoms with Crippen molar-refractivity contribution in [3.63, 3.8) is 0 Å². The van der Waals surface area contributed by atoms with E-state index in [4.69, 9.17) is 0 Å². The van der Waals surface area contributed by atoms with Gasteiger partial charge in [0.05, 0.1) is 0 Å². The Labute approximate surface area is 122 Å². The van der Waals surface area contributed by atoms with Gasteiger partial charge < -0.3 is 10.2 Å². The highest BCUT2D eigenvalue weighted by molar-refractivity contribution is 5.50. The number of anilines is 2. The van der Waals surface area contributed by atoms with Gasteiger partial charge in [0, 0.05) is 37.8 Å². The van der Waals surface area contributed by atoms with Crippen LogP contribution < -0.4 is 10.2 Å². The number of aromatic nitrogens is 2. The standard InChI is InChI=1S/C15H27N5/c1-6-7-16-14-8-15(18-13(4)17-14)20-9-11(2)19(5)12(3)10-20/h8,11-12H,6-7,9-10H2,1-5H3,(H,16,17,18). The zero-order chi connectivity index (χ0) is 14.7. The molecule has 0 aliphatic carbocycles. The van der Waals surface area contributed by atoms with E-state index in [0.29, 0.717) is 12.1 Å². The second-order valence-electron chi connectivity index (χ2n) is 5.85. The second kappa shape index (κ2) is 6.39. The van der Waals surface area contributed by atoms with Crippen LogP contribution in [0.5, 0.6) is 0 Å². The van der Waals surface area contributed by atoms with Crippen LogP contribution in [-0.4, -0.2) is 53.6 Å². The van der Waals surface area contributed by atoms with Crippen molar-refractivity contribution in [2.24, 2.45) is 0 Å². The molecule has 1 aliphatic rings. The van der Waals surface area contributed by atoms with Crippen LogP contribution in [-0.2, 0) is 0 Å². The topological polar surface area (TPSA) is 44.3 Å². The lowest BCUT2D eigenvalue weighted by Crippen LogP contribution is -2.55. The number of nitrogens with zero attached hydrogens (tertiary/aromatic N) is 4. The average Bonchev–Trinajstić information content (AvgIpc) is 2.41. The molecule has 112 valence electrons. The van der Waals surface area contributed by atoms with E-state index in [0.717, 1.165) is 43.5 Å². The summed E-state index contributed by atoms with van der Waals surface area (Å²) in [6.07, 6.45) is 1.10. The summed E-state index contributed by atoms with van der Waals surface area (Å²) in [5, 5.41) is 3.36. The highest BCUT2D eigenvalue weighted by Gasteiger charge is 2.27. The van der Waals surface area contributed by atoms with Gasteiger partial charge in [0.25, 0.3) is 0 Å². The van der Waals surface area contributed by atoms with Gasteiger partial charge in [-0.05, 0) is 34.2 Å². The summed E-state index contributed by atoms with van der Waals surface area (Å²) >= 11 is 0. The fraction of sp³-hybridized carbons (Fsp3) is 0.733. The molecule has 5 heteroatoms. The molecule has 0 bridgehead atoms. The van der Waals surface area contributed by atoms with E-state index >= 15 is 0 Å². The number of hydrogen-bond acceptors (Lipinski definition) is 5. The first-order chi connectivity index (χ1) is 9.51. The summed E-state index contributed by atoms with van der Waals surface area (Å²) in [5.74, 6) is 2.82. The SMILES string of the molecule is CCCNc1cc(N2CC(C)N(C)C(C)C2)nc(C)n1. The van der Waals surface area contributed by atoms with Gasteiger partial charge in [0.2, 0.25) is 0 Å². The predicted molar refractivity (Wildman–Crippen MR) is 84.4 cm³/mol. The van der Waals surface area contributed by atoms with Crippen LogP contribution in [0.1, 0.15) is 33.0 Å². The van der Waals surface area contributed by atoms with Crippen molar-refractivity contribution in [2.75, 3.05) is 36.9 Å². The third-order valence-electron chi connectivity index (χ3n) is 4.06. The van der Waals surface area contributed by atoms with Gasteiger partial charge in [-0.1, -0.05) is 6.92 Å². The zero-order valence-electron chi connectivity index (χ0n) is 13.3. The lowest BCUT2D eigenvalue weighted by molar-refractivity contribution is 0.169. The third-order valence-corrected chi connectivity index (χ3v) is 4.06. The van der Waals surface area contributed by atoms with E-state index in [1.54, 1.807) is 0 Å². The Kier molecular flexibility index (Phi) is 4.81. The van der Waals surface area contributed by atoms with Crippen molar-refractivity contribution in [3.05, 3.63) is 11.9 Å². The maximum Gasteiger partial charge on any atom is 0.134 e. The Balaban J connectivity index is 2.17. The molecule has 5 nitrogen and oxygen atoms in total. The van der Waals surface area contributed by atoms with Gasteiger partial charge >= 0.3 is 0 Å². The molecule has 2 atom stereocenters. The zero-order valence-corrected chi connectivity index (χ0v) is 13.3. The van der Waals surface area contributed by atoms with Crippen molar-refractivity contribution < 1.29 is 0 Å². The average molecular weight is 277 g/mol. The van der Waals surface area contributed by atoms with Crippen LogP contribution in [0.2, 0.25) is 0 Å². The predicted octanol–water partition coefficient (Wildman–Crippen LogP) is 2.14. The summed E-state index contributed by atoms with van der Waals surface area (Å²) < 4.78 is 0. The summed E-state index contributed by atoms with van der Waals surface area (Å²) in [4.78, 5) is 13.9. The minimum absolute atomic E-state index is 0.543. The van der Waals surface area contributed by atoms with E-state index in [1.165, 1.54) is 0 Å². The number of rotatable bonds is 4. The largest absolute Gasteiger partial charge is 0.370 e. The fourth-order valence-electron chi connectivity index (χ4n) is 2.65. The van der Waals surface area contributed by atoms with Crippen LogP contribution in [0.25, 0.3) is 0 Å². The van der Waals surface area contributed by atoms with E-state index in [1.807, 2.05) is 6.92 Å². The first-order valence-corrected chi connectivity index (χ1v) is 7.57. The monoisotopic (exact) mass is 277 g/mol. The van der Waals surface area contributed by atoms with Gasteiger partial charge in [0.1, 0.15) is 17.5 Å². The van der Waals surface area contributed by atoms with Crippen molar-refractivity contribution in [1.82, 2.24) is 14.9 Å². The van der Waals surface area contributed by atoms with Crippen LogP contribution in [0.15, 0.2) is 6.07 Å². The molecular formula is C15H27N5. The summed E-state index contributed by atoms with van der Waals surface area (Å²) in [7, 11) is 2.20. The maximum atomic E-state index is 4.62. The molecule has 1 saturated heterocycles. The first kappa shape index (κ1) is 15.0.